The molecule has 3 amide bonds. The lowest BCUT2D eigenvalue weighted by molar-refractivity contribution is -0.142. The largest absolute Gasteiger partial charge is 0.481 e. The van der Waals surface area contributed by atoms with Crippen LogP contribution in [0.1, 0.15) is 57.3 Å². The van der Waals surface area contributed by atoms with Gasteiger partial charge in [-0.2, -0.15) is 0 Å². The number of nitrogens with two attached hydrogens (primary N) is 1. The number of nitrogens with zero attached hydrogens (tertiary/aromatic N) is 1. The maximum absolute atomic E-state index is 13.7. The fourth-order valence-corrected chi connectivity index (χ4v) is 4.45. The molecule has 1 heterocycles. The van der Waals surface area contributed by atoms with Crippen LogP contribution in [0.25, 0.3) is 0 Å². The van der Waals surface area contributed by atoms with Gasteiger partial charge < -0.3 is 31.1 Å². The molecule has 2 rings (SSSR count). The number of nitrogen functional groups attached to an aromatic ring is 1. The highest BCUT2D eigenvalue weighted by Crippen LogP contribution is 2.27. The van der Waals surface area contributed by atoms with Crippen molar-refractivity contribution in [1.82, 2.24) is 15.5 Å². The highest BCUT2D eigenvalue weighted by atomic mass is 35.5. The highest BCUT2D eigenvalue weighted by molar-refractivity contribution is 6.41. The van der Waals surface area contributed by atoms with Crippen LogP contribution in [0.5, 0.6) is 0 Å². The van der Waals surface area contributed by atoms with Crippen molar-refractivity contribution in [2.24, 2.45) is 5.41 Å². The van der Waals surface area contributed by atoms with Crippen LogP contribution >= 0.6 is 23.2 Å². The van der Waals surface area contributed by atoms with Crippen LogP contribution < -0.4 is 16.4 Å². The van der Waals surface area contributed by atoms with Gasteiger partial charge in [0.2, 0.25) is 11.8 Å². The Morgan fingerprint density at radius 1 is 1.23 bits per heavy atom. The van der Waals surface area contributed by atoms with E-state index in [0.29, 0.717) is 18.5 Å². The Balaban J connectivity index is 2.25. The van der Waals surface area contributed by atoms with E-state index in [9.17, 15) is 29.1 Å². The summed E-state index contributed by atoms with van der Waals surface area (Å²) in [5, 5.41) is 14.4. The Morgan fingerprint density at radius 2 is 1.90 bits per heavy atom. The third-order valence-electron chi connectivity index (χ3n) is 6.03. The van der Waals surface area contributed by atoms with Crippen LogP contribution in [-0.2, 0) is 23.9 Å². The van der Waals surface area contributed by atoms with Crippen LogP contribution in [-0.4, -0.2) is 70.9 Å². The van der Waals surface area contributed by atoms with E-state index in [1.807, 2.05) is 0 Å². The van der Waals surface area contributed by atoms with Crippen LogP contribution in [0.3, 0.4) is 0 Å². The molecule has 0 aromatic heterocycles. The summed E-state index contributed by atoms with van der Waals surface area (Å²) in [5.74, 6) is -3.70. The number of benzene rings is 1. The zero-order chi connectivity index (χ0) is 29.5. The number of nitrogens with one attached hydrogen (secondary N) is 2. The smallest absolute Gasteiger partial charge is 0.349 e. The third kappa shape index (κ3) is 8.86. The Bertz CT molecular complexity index is 1150. The number of likely N-dealkylation sites (tertiary alicyclic amines) is 1. The van der Waals surface area contributed by atoms with Gasteiger partial charge in [0.25, 0.3) is 5.91 Å². The van der Waals surface area contributed by atoms with Crippen LogP contribution in [0.2, 0.25) is 5.02 Å². The molecule has 0 saturated carbocycles. The minimum Gasteiger partial charge on any atom is -0.481 e. The second kappa shape index (κ2) is 13.7. The molecule has 1 saturated heterocycles. The molecule has 0 unspecified atom stereocenters. The van der Waals surface area contributed by atoms with Gasteiger partial charge in [0.05, 0.1) is 29.8 Å². The van der Waals surface area contributed by atoms with Gasteiger partial charge in [-0.15, -0.1) is 0 Å². The van der Waals surface area contributed by atoms with Gasteiger partial charge in [-0.25, -0.2) is 4.79 Å². The monoisotopic (exact) mass is 584 g/mol. The number of carboxylic acid groups (broad SMARTS) is 1. The number of amides is 3. The molecule has 0 radical (unpaired) electrons. The molecule has 0 aliphatic carbocycles. The van der Waals surface area contributed by atoms with Crippen molar-refractivity contribution < 1.29 is 33.8 Å². The van der Waals surface area contributed by atoms with E-state index >= 15 is 0 Å². The van der Waals surface area contributed by atoms with E-state index in [1.54, 1.807) is 27.7 Å². The highest BCUT2D eigenvalue weighted by Gasteiger charge is 2.42. The average molecular weight is 585 g/mol. The Hall–Kier alpha value is -3.31. The van der Waals surface area contributed by atoms with E-state index in [-0.39, 0.29) is 28.8 Å². The van der Waals surface area contributed by atoms with E-state index in [4.69, 9.17) is 33.7 Å². The first-order valence-corrected chi connectivity index (χ1v) is 13.1. The first kappa shape index (κ1) is 31.9. The number of hydrogen-bond acceptors (Lipinski definition) is 7. The molecule has 0 spiro atoms. The molecule has 214 valence electrons. The number of carbonyl (C=O) groups excluding carboxylic acids is 4. The van der Waals surface area contributed by atoms with Gasteiger partial charge >= 0.3 is 11.9 Å². The first-order chi connectivity index (χ1) is 18.1. The standard InChI is InChI=1S/C26H34Cl2N4O7/c1-5-39-25(38)17(28)12-15(13-20(33)34)30-23(36)19-7-6-10-32(19)24(37)21(26(2,3)4)31-22(35)14-8-9-18(29)16(27)11-14/h8-9,11-12,15,19,21H,5-7,10,13,29H2,1-4H3,(H,30,36)(H,31,35)(H,33,34)/b17-12-/t15-,19-,21-/m1/s1. The minimum atomic E-state index is -1.23. The number of anilines is 1. The number of halogens is 2. The molecular weight excluding hydrogens is 551 g/mol. The van der Waals surface area contributed by atoms with Crippen molar-refractivity contribution in [2.45, 2.75) is 65.1 Å². The molecule has 1 fully saturated rings. The predicted octanol–water partition coefficient (Wildman–Crippen LogP) is 2.70. The Kier molecular flexibility index (Phi) is 11.2. The number of rotatable bonds is 10. The minimum absolute atomic E-state index is 0.0643. The molecule has 13 heteroatoms. The Morgan fingerprint density at radius 3 is 2.46 bits per heavy atom. The fourth-order valence-electron chi connectivity index (χ4n) is 4.06. The maximum atomic E-state index is 13.7. The normalized spacial score (nSPS) is 17.2. The molecule has 1 aliphatic rings. The van der Waals surface area contributed by atoms with E-state index in [0.717, 1.165) is 6.08 Å². The lowest BCUT2D eigenvalue weighted by Crippen LogP contribution is -2.58. The predicted molar refractivity (Wildman–Crippen MR) is 146 cm³/mol. The summed E-state index contributed by atoms with van der Waals surface area (Å²) in [5.41, 5.74) is 5.52. The van der Waals surface area contributed by atoms with Crippen molar-refractivity contribution in [1.29, 1.82) is 0 Å². The zero-order valence-electron chi connectivity index (χ0n) is 22.3. The molecule has 39 heavy (non-hydrogen) atoms. The topological polar surface area (TPSA) is 168 Å². The third-order valence-corrected chi connectivity index (χ3v) is 6.64. The fraction of sp³-hybridized carbons (Fsp3) is 0.500. The SMILES string of the molecule is CCOC(=O)/C(Cl)=C/[C@H](CC(=O)O)NC(=O)[C@H]1CCCN1C(=O)[C@@H](NC(=O)c1ccc(N)c(Cl)c1)C(C)(C)C. The van der Waals surface area contributed by atoms with Gasteiger partial charge in [0.1, 0.15) is 17.1 Å². The summed E-state index contributed by atoms with van der Waals surface area (Å²) in [7, 11) is 0. The van der Waals surface area contributed by atoms with Crippen LogP contribution in [0.4, 0.5) is 5.69 Å². The van der Waals surface area contributed by atoms with Gasteiger partial charge in [-0.05, 0) is 49.5 Å². The van der Waals surface area contributed by atoms with E-state index in [1.165, 1.54) is 23.1 Å². The summed E-state index contributed by atoms with van der Waals surface area (Å²) >= 11 is 12.0. The lowest BCUT2D eigenvalue weighted by Gasteiger charge is -2.35. The molecule has 1 aromatic rings. The van der Waals surface area contributed by atoms with Gasteiger partial charge in [0.15, 0.2) is 0 Å². The molecular formula is C26H34Cl2N4O7. The Labute approximate surface area is 237 Å². The molecule has 1 aromatic carbocycles. The summed E-state index contributed by atoms with van der Waals surface area (Å²) in [6, 6.07) is 1.34. The number of ether oxygens (including phenoxy) is 1. The molecule has 11 nitrogen and oxygen atoms in total. The summed E-state index contributed by atoms with van der Waals surface area (Å²) < 4.78 is 4.80. The quantitative estimate of drug-likeness (QED) is 0.185. The van der Waals surface area contributed by atoms with Gasteiger partial charge in [-0.1, -0.05) is 44.0 Å². The van der Waals surface area contributed by atoms with Gasteiger partial charge in [-0.3, -0.25) is 19.2 Å². The number of hydrogen-bond donors (Lipinski definition) is 4. The summed E-state index contributed by atoms with van der Waals surface area (Å²) in [4.78, 5) is 64.5. The van der Waals surface area contributed by atoms with Crippen molar-refractivity contribution >= 4 is 58.5 Å². The number of carbonyl (C=O) groups is 5. The second-order valence-electron chi connectivity index (χ2n) is 10.1. The van der Waals surface area contributed by atoms with Crippen LogP contribution in [0.15, 0.2) is 29.3 Å². The molecule has 0 bridgehead atoms. The van der Waals surface area contributed by atoms with E-state index < -0.39 is 59.6 Å². The summed E-state index contributed by atoms with van der Waals surface area (Å²) in [6.07, 6.45) is 1.39. The van der Waals surface area contributed by atoms with Crippen molar-refractivity contribution in [3.8, 4) is 0 Å². The number of esters is 1. The first-order valence-electron chi connectivity index (χ1n) is 12.4. The average Bonchev–Trinajstić information content (AvgIpc) is 3.33. The maximum Gasteiger partial charge on any atom is 0.349 e. The zero-order valence-corrected chi connectivity index (χ0v) is 23.8. The molecule has 1 aliphatic heterocycles. The van der Waals surface area contributed by atoms with Crippen molar-refractivity contribution in [2.75, 3.05) is 18.9 Å². The number of carboxylic acids is 1. The van der Waals surface area contributed by atoms with Crippen LogP contribution in [0, 0.1) is 5.41 Å². The molecule has 3 atom stereocenters. The second-order valence-corrected chi connectivity index (χ2v) is 11.0. The van der Waals surface area contributed by atoms with Gasteiger partial charge in [0, 0.05) is 12.1 Å². The van der Waals surface area contributed by atoms with Crippen molar-refractivity contribution in [3.05, 3.63) is 39.9 Å². The number of aliphatic carboxylic acids is 1. The van der Waals surface area contributed by atoms with Crippen molar-refractivity contribution in [3.63, 3.8) is 0 Å². The van der Waals surface area contributed by atoms with E-state index in [2.05, 4.69) is 10.6 Å². The molecule has 5 N–H and O–H groups in total. The lowest BCUT2D eigenvalue weighted by atomic mass is 9.85. The summed E-state index contributed by atoms with van der Waals surface area (Å²) in [6.45, 7) is 7.25.